The summed E-state index contributed by atoms with van der Waals surface area (Å²) < 4.78 is 37.1. The molecule has 4 nitrogen and oxygen atoms in total. The summed E-state index contributed by atoms with van der Waals surface area (Å²) in [6.45, 7) is 0. The number of carbonyl (C=O) groups is 1. The van der Waals surface area contributed by atoms with E-state index in [9.17, 15) is 18.0 Å². The van der Waals surface area contributed by atoms with Crippen LogP contribution in [-0.2, 0) is 0 Å². The number of nitriles is 1. The molecular formula is C10H6F3N3OS. The predicted molar refractivity (Wildman–Crippen MR) is 62.0 cm³/mol. The Labute approximate surface area is 105 Å². The lowest BCUT2D eigenvalue weighted by molar-refractivity contribution is -0.0884. The van der Waals surface area contributed by atoms with E-state index >= 15 is 0 Å². The van der Waals surface area contributed by atoms with Crippen LogP contribution in [-0.4, -0.2) is 17.1 Å². The van der Waals surface area contributed by atoms with Gasteiger partial charge in [0, 0.05) is 0 Å². The van der Waals surface area contributed by atoms with Crippen molar-refractivity contribution >= 4 is 28.8 Å². The highest BCUT2D eigenvalue weighted by molar-refractivity contribution is 7.80. The number of rotatable bonds is 2. The van der Waals surface area contributed by atoms with E-state index in [2.05, 4.69) is 17.5 Å². The molecule has 94 valence electrons. The van der Waals surface area contributed by atoms with E-state index in [4.69, 9.17) is 11.0 Å². The number of alkyl halides is 3. The molecule has 8 heteroatoms. The molecule has 0 aliphatic heterocycles. The van der Waals surface area contributed by atoms with Gasteiger partial charge in [-0.05, 0) is 30.4 Å². The molecule has 0 saturated carbocycles. The Bertz CT molecular complexity index is 548. The maximum absolute atomic E-state index is 12.4. The van der Waals surface area contributed by atoms with Gasteiger partial charge in [0.2, 0.25) is 0 Å². The summed E-state index contributed by atoms with van der Waals surface area (Å²) >= 11 is 4.49. The molecule has 0 amide bonds. The van der Waals surface area contributed by atoms with E-state index in [1.165, 1.54) is 6.07 Å². The van der Waals surface area contributed by atoms with Crippen molar-refractivity contribution in [1.29, 1.82) is 5.26 Å². The van der Waals surface area contributed by atoms with Crippen LogP contribution in [0.1, 0.15) is 15.9 Å². The molecule has 0 unspecified atom stereocenters. The van der Waals surface area contributed by atoms with Gasteiger partial charge >= 0.3 is 6.18 Å². The predicted octanol–water partition coefficient (Wildman–Crippen LogP) is 1.96. The average molecular weight is 273 g/mol. The first-order valence-corrected chi connectivity index (χ1v) is 4.88. The third-order valence-corrected chi connectivity index (χ3v) is 2.01. The highest BCUT2D eigenvalue weighted by atomic mass is 32.1. The van der Waals surface area contributed by atoms with Crippen molar-refractivity contribution in [2.75, 3.05) is 5.32 Å². The van der Waals surface area contributed by atoms with Crippen LogP contribution < -0.4 is 11.1 Å². The zero-order valence-corrected chi connectivity index (χ0v) is 9.52. The summed E-state index contributed by atoms with van der Waals surface area (Å²) in [5.41, 5.74) is 4.17. The first kappa shape index (κ1) is 13.9. The molecule has 0 fully saturated rings. The Balaban J connectivity index is 3.33. The van der Waals surface area contributed by atoms with Crippen molar-refractivity contribution in [1.82, 2.24) is 0 Å². The number of thiocarbonyl (C=S) groups is 1. The Kier molecular flexibility index (Phi) is 3.88. The van der Waals surface area contributed by atoms with Crippen molar-refractivity contribution in [2.45, 2.75) is 6.18 Å². The third kappa shape index (κ3) is 3.18. The van der Waals surface area contributed by atoms with Gasteiger partial charge in [-0.3, -0.25) is 4.79 Å². The minimum atomic E-state index is -5.04. The van der Waals surface area contributed by atoms with Gasteiger partial charge in [0.15, 0.2) is 5.11 Å². The van der Waals surface area contributed by atoms with Crippen LogP contribution in [0.3, 0.4) is 0 Å². The van der Waals surface area contributed by atoms with Crippen LogP contribution in [0.4, 0.5) is 18.9 Å². The van der Waals surface area contributed by atoms with Gasteiger partial charge in [-0.15, -0.1) is 0 Å². The number of Topliss-reactive ketones (excluding diaryl/α,β-unsaturated/α-hetero) is 1. The molecule has 1 aromatic carbocycles. The molecule has 0 radical (unpaired) electrons. The van der Waals surface area contributed by atoms with Gasteiger partial charge in [0.25, 0.3) is 5.78 Å². The number of benzene rings is 1. The number of carbonyl (C=O) groups excluding carboxylic acids is 1. The van der Waals surface area contributed by atoms with Crippen LogP contribution in [0.15, 0.2) is 18.2 Å². The van der Waals surface area contributed by atoms with Crippen LogP contribution in [0, 0.1) is 11.3 Å². The Hall–Kier alpha value is -2.14. The van der Waals surface area contributed by atoms with E-state index in [1.807, 2.05) is 0 Å². The van der Waals surface area contributed by atoms with E-state index in [0.717, 1.165) is 12.1 Å². The Morgan fingerprint density at radius 2 is 2.06 bits per heavy atom. The molecule has 18 heavy (non-hydrogen) atoms. The number of nitrogens with two attached hydrogens (primary N) is 1. The number of nitrogens with zero attached hydrogens (tertiary/aromatic N) is 1. The molecule has 0 aliphatic rings. The minimum absolute atomic E-state index is 0.0731. The second-order valence-electron chi connectivity index (χ2n) is 3.19. The molecule has 0 aliphatic carbocycles. The van der Waals surface area contributed by atoms with Crippen molar-refractivity contribution < 1.29 is 18.0 Å². The summed E-state index contributed by atoms with van der Waals surface area (Å²) in [6, 6.07) is 4.85. The van der Waals surface area contributed by atoms with Crippen LogP contribution in [0.25, 0.3) is 0 Å². The maximum atomic E-state index is 12.4. The quantitative estimate of drug-likeness (QED) is 0.636. The lowest BCUT2D eigenvalue weighted by Gasteiger charge is -2.11. The number of ketones is 1. The molecule has 1 rings (SSSR count). The summed E-state index contributed by atoms with van der Waals surface area (Å²) in [7, 11) is 0. The summed E-state index contributed by atoms with van der Waals surface area (Å²) in [6.07, 6.45) is -5.04. The summed E-state index contributed by atoms with van der Waals surface area (Å²) in [4.78, 5) is 11.2. The number of hydrogen-bond donors (Lipinski definition) is 2. The average Bonchev–Trinajstić information content (AvgIpc) is 2.26. The number of nitrogens with one attached hydrogen (secondary N) is 1. The van der Waals surface area contributed by atoms with Gasteiger partial charge in [0.05, 0.1) is 22.9 Å². The largest absolute Gasteiger partial charge is 0.454 e. The van der Waals surface area contributed by atoms with Gasteiger partial charge in [-0.1, -0.05) is 0 Å². The van der Waals surface area contributed by atoms with Crippen molar-refractivity contribution in [2.24, 2.45) is 5.73 Å². The minimum Gasteiger partial charge on any atom is -0.376 e. The van der Waals surface area contributed by atoms with E-state index < -0.39 is 17.5 Å². The zero-order chi connectivity index (χ0) is 13.9. The molecule has 0 aromatic heterocycles. The lowest BCUT2D eigenvalue weighted by Crippen LogP contribution is -2.26. The first-order chi connectivity index (χ1) is 8.25. The molecule has 0 heterocycles. The molecular weight excluding hydrogens is 267 g/mol. The van der Waals surface area contributed by atoms with E-state index in [0.29, 0.717) is 0 Å². The fraction of sp³-hybridized carbons (Fsp3) is 0.100. The lowest BCUT2D eigenvalue weighted by atomic mass is 10.0. The molecule has 0 spiro atoms. The van der Waals surface area contributed by atoms with Gasteiger partial charge in [0.1, 0.15) is 0 Å². The fourth-order valence-corrected chi connectivity index (χ4v) is 1.31. The standard InChI is InChI=1S/C10H6F3N3OS/c11-10(12,13)8(17)6-3-5(4-14)1-2-7(6)16-9(15)18/h1-3H,(H3,15,16,18). The Morgan fingerprint density at radius 1 is 1.44 bits per heavy atom. The summed E-state index contributed by atoms with van der Waals surface area (Å²) in [5.74, 6) is -2.07. The number of halogens is 3. The second kappa shape index (κ2) is 5.01. The maximum Gasteiger partial charge on any atom is 0.454 e. The van der Waals surface area contributed by atoms with Crippen LogP contribution in [0.2, 0.25) is 0 Å². The highest BCUT2D eigenvalue weighted by Crippen LogP contribution is 2.27. The summed E-state index contributed by atoms with van der Waals surface area (Å²) in [5, 5.41) is 10.6. The SMILES string of the molecule is N#Cc1ccc(NC(N)=S)c(C(=O)C(F)(F)F)c1. The molecule has 0 atom stereocenters. The Morgan fingerprint density at radius 3 is 2.50 bits per heavy atom. The highest BCUT2D eigenvalue weighted by Gasteiger charge is 2.40. The molecule has 1 aromatic rings. The molecule has 0 saturated heterocycles. The topological polar surface area (TPSA) is 78.9 Å². The van der Waals surface area contributed by atoms with Crippen LogP contribution >= 0.6 is 12.2 Å². The number of anilines is 1. The van der Waals surface area contributed by atoms with Crippen molar-refractivity contribution in [3.05, 3.63) is 29.3 Å². The smallest absolute Gasteiger partial charge is 0.376 e. The van der Waals surface area contributed by atoms with Gasteiger partial charge < -0.3 is 11.1 Å². The fourth-order valence-electron chi connectivity index (χ4n) is 1.20. The van der Waals surface area contributed by atoms with Crippen LogP contribution in [0.5, 0.6) is 0 Å². The van der Waals surface area contributed by atoms with Gasteiger partial charge in [-0.25, -0.2) is 0 Å². The van der Waals surface area contributed by atoms with E-state index in [1.54, 1.807) is 6.07 Å². The van der Waals surface area contributed by atoms with Crippen molar-refractivity contribution in [3.63, 3.8) is 0 Å². The van der Waals surface area contributed by atoms with E-state index in [-0.39, 0.29) is 16.4 Å². The van der Waals surface area contributed by atoms with Crippen molar-refractivity contribution in [3.8, 4) is 6.07 Å². The second-order valence-corrected chi connectivity index (χ2v) is 3.63. The normalized spacial score (nSPS) is 10.6. The monoisotopic (exact) mass is 273 g/mol. The first-order valence-electron chi connectivity index (χ1n) is 4.48. The molecule has 0 bridgehead atoms. The third-order valence-electron chi connectivity index (χ3n) is 1.91. The number of hydrogen-bond acceptors (Lipinski definition) is 3. The molecule has 3 N–H and O–H groups in total. The van der Waals surface area contributed by atoms with Gasteiger partial charge in [-0.2, -0.15) is 18.4 Å². The zero-order valence-electron chi connectivity index (χ0n) is 8.71.